The highest BCUT2D eigenvalue weighted by molar-refractivity contribution is 14.1. The molecule has 0 aromatic heterocycles. The largest absolute Gasteiger partial charge is 0.381 e. The number of rotatable bonds is 3. The number of hydrogen-bond donors (Lipinski definition) is 1. The summed E-state index contributed by atoms with van der Waals surface area (Å²) in [6.45, 7) is 1.78. The maximum atomic E-state index is 5.57. The van der Waals surface area contributed by atoms with Crippen molar-refractivity contribution in [3.63, 3.8) is 0 Å². The van der Waals surface area contributed by atoms with Crippen molar-refractivity contribution in [1.82, 2.24) is 5.32 Å². The zero-order chi connectivity index (χ0) is 11.4. The molecule has 1 aromatic rings. The molecule has 0 aliphatic carbocycles. The van der Waals surface area contributed by atoms with Crippen LogP contribution in [-0.4, -0.2) is 26.3 Å². The van der Waals surface area contributed by atoms with E-state index in [1.54, 1.807) is 0 Å². The van der Waals surface area contributed by atoms with Gasteiger partial charge in [0.15, 0.2) is 0 Å². The average Bonchev–Trinajstić information content (AvgIpc) is 2.33. The monoisotopic (exact) mass is 331 g/mol. The third-order valence-corrected chi connectivity index (χ3v) is 3.98. The van der Waals surface area contributed by atoms with Gasteiger partial charge in [-0.2, -0.15) is 0 Å². The summed E-state index contributed by atoms with van der Waals surface area (Å²) in [5.41, 5.74) is 1.41. The second-order valence-electron chi connectivity index (χ2n) is 4.35. The Kier molecular flexibility index (Phi) is 4.61. The Bertz CT molecular complexity index is 325. The highest BCUT2D eigenvalue weighted by Gasteiger charge is 2.24. The summed E-state index contributed by atoms with van der Waals surface area (Å²) in [6.07, 6.45) is 2.24. The van der Waals surface area contributed by atoms with Gasteiger partial charge in [0.2, 0.25) is 0 Å². The minimum absolute atomic E-state index is 0.605. The van der Waals surface area contributed by atoms with Gasteiger partial charge < -0.3 is 10.1 Å². The molecule has 2 atom stereocenters. The van der Waals surface area contributed by atoms with Crippen molar-refractivity contribution in [3.05, 3.63) is 33.4 Å². The van der Waals surface area contributed by atoms with Crippen molar-refractivity contribution in [2.24, 2.45) is 5.92 Å². The van der Waals surface area contributed by atoms with Crippen LogP contribution in [0.3, 0.4) is 0 Å². The van der Waals surface area contributed by atoms with Crippen LogP contribution >= 0.6 is 22.6 Å². The molecule has 88 valence electrons. The zero-order valence-electron chi connectivity index (χ0n) is 9.58. The van der Waals surface area contributed by atoms with Gasteiger partial charge in [0.25, 0.3) is 0 Å². The van der Waals surface area contributed by atoms with Gasteiger partial charge in [0, 0.05) is 22.1 Å². The highest BCUT2D eigenvalue weighted by Crippen LogP contribution is 2.20. The first-order valence-corrected chi connectivity index (χ1v) is 6.87. The molecule has 16 heavy (non-hydrogen) atoms. The number of benzene rings is 1. The standard InChI is InChI=1S/C13H18INO/c1-15-13-6-7-16-9-11(13)8-10-2-4-12(14)5-3-10/h2-5,11,13,15H,6-9H2,1H3. The van der Waals surface area contributed by atoms with Crippen molar-refractivity contribution < 1.29 is 4.74 Å². The Balaban J connectivity index is 1.99. The third-order valence-electron chi connectivity index (χ3n) is 3.26. The second-order valence-corrected chi connectivity index (χ2v) is 5.60. The summed E-state index contributed by atoms with van der Waals surface area (Å²) < 4.78 is 6.87. The second kappa shape index (κ2) is 5.98. The summed E-state index contributed by atoms with van der Waals surface area (Å²) in [4.78, 5) is 0. The molecule has 0 saturated carbocycles. The average molecular weight is 331 g/mol. The van der Waals surface area contributed by atoms with Crippen molar-refractivity contribution >= 4 is 22.6 Å². The first kappa shape index (κ1) is 12.3. The van der Waals surface area contributed by atoms with Crippen LogP contribution in [0.5, 0.6) is 0 Å². The minimum atomic E-state index is 0.605. The van der Waals surface area contributed by atoms with E-state index in [-0.39, 0.29) is 0 Å². The molecule has 1 aliphatic rings. The summed E-state index contributed by atoms with van der Waals surface area (Å²) in [5, 5.41) is 3.40. The first-order chi connectivity index (χ1) is 7.79. The van der Waals surface area contributed by atoms with E-state index in [2.05, 4.69) is 59.2 Å². The van der Waals surface area contributed by atoms with Gasteiger partial charge in [-0.25, -0.2) is 0 Å². The fourth-order valence-electron chi connectivity index (χ4n) is 2.30. The van der Waals surface area contributed by atoms with Gasteiger partial charge >= 0.3 is 0 Å². The Labute approximate surface area is 111 Å². The van der Waals surface area contributed by atoms with Crippen LogP contribution in [0.1, 0.15) is 12.0 Å². The molecule has 0 radical (unpaired) electrons. The summed E-state index contributed by atoms with van der Waals surface area (Å²) in [5.74, 6) is 0.610. The molecule has 3 heteroatoms. The smallest absolute Gasteiger partial charge is 0.0512 e. The molecule has 0 spiro atoms. The Hall–Kier alpha value is -0.130. The Morgan fingerprint density at radius 2 is 2.12 bits per heavy atom. The van der Waals surface area contributed by atoms with Crippen LogP contribution in [0.25, 0.3) is 0 Å². The maximum Gasteiger partial charge on any atom is 0.0512 e. The molecule has 1 N–H and O–H groups in total. The summed E-state index contributed by atoms with van der Waals surface area (Å²) in [7, 11) is 2.05. The molecule has 1 aromatic carbocycles. The van der Waals surface area contributed by atoms with E-state index in [1.165, 1.54) is 9.13 Å². The van der Waals surface area contributed by atoms with Crippen molar-refractivity contribution in [2.75, 3.05) is 20.3 Å². The van der Waals surface area contributed by atoms with E-state index in [1.807, 2.05) is 0 Å². The normalized spacial score (nSPS) is 25.6. The number of hydrogen-bond acceptors (Lipinski definition) is 2. The SMILES string of the molecule is CNC1CCOCC1Cc1ccc(I)cc1. The lowest BCUT2D eigenvalue weighted by Crippen LogP contribution is -2.41. The predicted molar refractivity (Wildman–Crippen MR) is 74.6 cm³/mol. The minimum Gasteiger partial charge on any atom is -0.381 e. The van der Waals surface area contributed by atoms with Crippen LogP contribution in [0.15, 0.2) is 24.3 Å². The molecular weight excluding hydrogens is 313 g/mol. The van der Waals surface area contributed by atoms with Gasteiger partial charge in [-0.05, 0) is 60.2 Å². The maximum absolute atomic E-state index is 5.57. The fraction of sp³-hybridized carbons (Fsp3) is 0.538. The molecule has 2 rings (SSSR count). The van der Waals surface area contributed by atoms with E-state index in [4.69, 9.17) is 4.74 Å². The van der Waals surface area contributed by atoms with Crippen LogP contribution in [0.4, 0.5) is 0 Å². The van der Waals surface area contributed by atoms with Gasteiger partial charge in [-0.15, -0.1) is 0 Å². The van der Waals surface area contributed by atoms with Crippen LogP contribution < -0.4 is 5.32 Å². The molecule has 1 fully saturated rings. The van der Waals surface area contributed by atoms with Crippen molar-refractivity contribution in [2.45, 2.75) is 18.9 Å². The van der Waals surface area contributed by atoms with Gasteiger partial charge in [0.1, 0.15) is 0 Å². The molecule has 1 aliphatic heterocycles. The van der Waals surface area contributed by atoms with Gasteiger partial charge in [-0.3, -0.25) is 0 Å². The summed E-state index contributed by atoms with van der Waals surface area (Å²) >= 11 is 2.34. The van der Waals surface area contributed by atoms with Crippen molar-refractivity contribution in [3.8, 4) is 0 Å². The number of halogens is 1. The Morgan fingerprint density at radius 3 is 2.81 bits per heavy atom. The number of nitrogens with one attached hydrogen (secondary N) is 1. The van der Waals surface area contributed by atoms with E-state index >= 15 is 0 Å². The number of ether oxygens (including phenoxy) is 1. The van der Waals surface area contributed by atoms with E-state index in [0.717, 1.165) is 26.1 Å². The topological polar surface area (TPSA) is 21.3 Å². The van der Waals surface area contributed by atoms with Gasteiger partial charge in [-0.1, -0.05) is 12.1 Å². The van der Waals surface area contributed by atoms with E-state index in [9.17, 15) is 0 Å². The molecule has 0 bridgehead atoms. The molecule has 0 amide bonds. The Morgan fingerprint density at radius 1 is 1.38 bits per heavy atom. The van der Waals surface area contributed by atoms with Crippen molar-refractivity contribution in [1.29, 1.82) is 0 Å². The lowest BCUT2D eigenvalue weighted by Gasteiger charge is -2.31. The summed E-state index contributed by atoms with van der Waals surface area (Å²) in [6, 6.07) is 9.40. The highest BCUT2D eigenvalue weighted by atomic mass is 127. The zero-order valence-corrected chi connectivity index (χ0v) is 11.7. The molecular formula is C13H18INO. The fourth-order valence-corrected chi connectivity index (χ4v) is 2.66. The van der Waals surface area contributed by atoms with Gasteiger partial charge in [0.05, 0.1) is 6.61 Å². The molecule has 1 saturated heterocycles. The van der Waals surface area contributed by atoms with Crippen LogP contribution in [0.2, 0.25) is 0 Å². The van der Waals surface area contributed by atoms with Crippen LogP contribution in [-0.2, 0) is 11.2 Å². The van der Waals surface area contributed by atoms with E-state index in [0.29, 0.717) is 12.0 Å². The van der Waals surface area contributed by atoms with E-state index < -0.39 is 0 Å². The molecule has 2 nitrogen and oxygen atoms in total. The first-order valence-electron chi connectivity index (χ1n) is 5.79. The molecule has 1 heterocycles. The molecule has 2 unspecified atom stereocenters. The van der Waals surface area contributed by atoms with Crippen LogP contribution in [0, 0.1) is 9.49 Å². The lowest BCUT2D eigenvalue weighted by molar-refractivity contribution is 0.0342. The quantitative estimate of drug-likeness (QED) is 0.859. The predicted octanol–water partition coefficient (Wildman–Crippen LogP) is 2.46. The third kappa shape index (κ3) is 3.18. The lowest BCUT2D eigenvalue weighted by atomic mass is 9.89.